The van der Waals surface area contributed by atoms with Crippen molar-refractivity contribution in [3.05, 3.63) is 26.8 Å². The fourth-order valence-corrected chi connectivity index (χ4v) is 3.61. The van der Waals surface area contributed by atoms with Gasteiger partial charge in [-0.2, -0.15) is 0 Å². The van der Waals surface area contributed by atoms with E-state index in [2.05, 4.69) is 50.3 Å². The summed E-state index contributed by atoms with van der Waals surface area (Å²) in [5.74, 6) is 1.05. The molecular formula is C15H19IO2. The van der Waals surface area contributed by atoms with Gasteiger partial charge in [-0.25, -0.2) is 0 Å². The summed E-state index contributed by atoms with van der Waals surface area (Å²) < 4.78 is 7.13. The van der Waals surface area contributed by atoms with E-state index in [1.165, 1.54) is 0 Å². The Kier molecular flexibility index (Phi) is 3.24. The molecule has 0 unspecified atom stereocenters. The average molecular weight is 358 g/mol. The second kappa shape index (κ2) is 4.22. The molecule has 18 heavy (non-hydrogen) atoms. The summed E-state index contributed by atoms with van der Waals surface area (Å²) in [6.45, 7) is 10.3. The van der Waals surface area contributed by atoms with Crippen LogP contribution in [-0.2, 0) is 5.41 Å². The van der Waals surface area contributed by atoms with Crippen LogP contribution in [0.2, 0.25) is 0 Å². The molecule has 0 saturated heterocycles. The number of rotatable bonds is 1. The molecular weight excluding hydrogens is 339 g/mol. The molecule has 3 heteroatoms. The van der Waals surface area contributed by atoms with Crippen molar-refractivity contribution in [2.75, 3.05) is 0 Å². The van der Waals surface area contributed by atoms with Crippen molar-refractivity contribution >= 4 is 28.4 Å². The van der Waals surface area contributed by atoms with Crippen LogP contribution in [-0.4, -0.2) is 11.4 Å². The minimum absolute atomic E-state index is 0.0302. The Morgan fingerprint density at radius 1 is 1.28 bits per heavy atom. The van der Waals surface area contributed by atoms with Crippen LogP contribution in [0.15, 0.2) is 12.1 Å². The number of Topliss-reactive ketones (excluding diaryl/α,β-unsaturated/α-hetero) is 1. The van der Waals surface area contributed by atoms with Crippen LogP contribution in [0.25, 0.3) is 0 Å². The number of hydrogen-bond acceptors (Lipinski definition) is 2. The number of benzene rings is 1. The van der Waals surface area contributed by atoms with E-state index in [9.17, 15) is 4.79 Å². The normalized spacial score (nSPS) is 19.9. The Bertz CT molecular complexity index is 515. The molecule has 0 fully saturated rings. The maximum atomic E-state index is 11.6. The smallest absolute Gasteiger partial charge is 0.159 e. The molecule has 1 aromatic rings. The Morgan fingerprint density at radius 3 is 2.44 bits per heavy atom. The molecule has 0 atom stereocenters. The first-order valence-electron chi connectivity index (χ1n) is 6.16. The summed E-state index contributed by atoms with van der Waals surface area (Å²) in [4.78, 5) is 11.6. The van der Waals surface area contributed by atoms with Gasteiger partial charge in [0.1, 0.15) is 11.4 Å². The fourth-order valence-electron chi connectivity index (χ4n) is 2.88. The quantitative estimate of drug-likeness (QED) is 0.552. The SMILES string of the molecule is CC(=O)c1cc(I)c2c(c1)C(C)(C)CC(C)(C)O2. The van der Waals surface area contributed by atoms with Crippen molar-refractivity contribution in [3.63, 3.8) is 0 Å². The molecule has 1 aromatic carbocycles. The summed E-state index contributed by atoms with van der Waals surface area (Å²) in [7, 11) is 0. The van der Waals surface area contributed by atoms with Gasteiger partial charge in [0.2, 0.25) is 0 Å². The van der Waals surface area contributed by atoms with E-state index < -0.39 is 0 Å². The van der Waals surface area contributed by atoms with Crippen LogP contribution in [0.5, 0.6) is 5.75 Å². The lowest BCUT2D eigenvalue weighted by atomic mass is 9.73. The standard InChI is InChI=1S/C15H19IO2/c1-9(17)10-6-11-13(12(16)7-10)18-15(4,5)8-14(11,2)3/h6-7H,8H2,1-5H3. The molecule has 0 aromatic heterocycles. The van der Waals surface area contributed by atoms with Crippen LogP contribution >= 0.6 is 22.6 Å². The third-order valence-electron chi connectivity index (χ3n) is 3.43. The van der Waals surface area contributed by atoms with Crippen molar-refractivity contribution in [3.8, 4) is 5.75 Å². The molecule has 2 rings (SSSR count). The van der Waals surface area contributed by atoms with Crippen LogP contribution in [0.1, 0.15) is 57.0 Å². The number of ether oxygens (including phenoxy) is 1. The second-order valence-electron chi connectivity index (χ2n) is 6.31. The summed E-state index contributed by atoms with van der Waals surface area (Å²) >= 11 is 2.26. The zero-order valence-electron chi connectivity index (χ0n) is 11.6. The van der Waals surface area contributed by atoms with Gasteiger partial charge in [0, 0.05) is 11.1 Å². The zero-order valence-corrected chi connectivity index (χ0v) is 13.7. The predicted octanol–water partition coefficient (Wildman–Crippen LogP) is 4.33. The third-order valence-corrected chi connectivity index (χ3v) is 4.23. The van der Waals surface area contributed by atoms with E-state index in [1.54, 1.807) is 6.92 Å². The summed E-state index contributed by atoms with van der Waals surface area (Å²) in [6, 6.07) is 3.91. The maximum Gasteiger partial charge on any atom is 0.159 e. The van der Waals surface area contributed by atoms with Crippen LogP contribution in [0.4, 0.5) is 0 Å². The zero-order chi connectivity index (χ0) is 13.7. The Balaban J connectivity index is 2.66. The van der Waals surface area contributed by atoms with E-state index in [0.29, 0.717) is 0 Å². The maximum absolute atomic E-state index is 11.6. The van der Waals surface area contributed by atoms with Gasteiger partial charge in [-0.05, 0) is 67.3 Å². The van der Waals surface area contributed by atoms with E-state index in [-0.39, 0.29) is 16.8 Å². The molecule has 0 bridgehead atoms. The lowest BCUT2D eigenvalue weighted by Gasteiger charge is -2.43. The number of ketones is 1. The third kappa shape index (κ3) is 2.42. The van der Waals surface area contributed by atoms with Crippen LogP contribution < -0.4 is 4.74 Å². The Hall–Kier alpha value is -0.580. The molecule has 0 aliphatic carbocycles. The van der Waals surface area contributed by atoms with Crippen LogP contribution in [0, 0.1) is 3.57 Å². The predicted molar refractivity (Wildman–Crippen MR) is 81.5 cm³/mol. The lowest BCUT2D eigenvalue weighted by Crippen LogP contribution is -2.41. The molecule has 98 valence electrons. The fraction of sp³-hybridized carbons (Fsp3) is 0.533. The van der Waals surface area contributed by atoms with Gasteiger partial charge >= 0.3 is 0 Å². The highest BCUT2D eigenvalue weighted by Gasteiger charge is 2.40. The van der Waals surface area contributed by atoms with Crippen molar-refractivity contribution in [2.45, 2.75) is 52.1 Å². The monoisotopic (exact) mass is 358 g/mol. The van der Waals surface area contributed by atoms with Crippen molar-refractivity contribution in [1.29, 1.82) is 0 Å². The number of carbonyl (C=O) groups excluding carboxylic acids is 1. The number of fused-ring (bicyclic) bond motifs is 1. The molecule has 1 aliphatic heterocycles. The minimum atomic E-state index is -0.159. The first-order valence-corrected chi connectivity index (χ1v) is 7.24. The first-order chi connectivity index (χ1) is 8.12. The Labute approximate surface area is 122 Å². The summed E-state index contributed by atoms with van der Waals surface area (Å²) in [5.41, 5.74) is 1.80. The van der Waals surface area contributed by atoms with Gasteiger partial charge in [-0.1, -0.05) is 13.8 Å². The molecule has 0 radical (unpaired) electrons. The van der Waals surface area contributed by atoms with E-state index in [0.717, 1.165) is 26.9 Å². The Morgan fingerprint density at radius 2 is 1.89 bits per heavy atom. The molecule has 0 amide bonds. The lowest BCUT2D eigenvalue weighted by molar-refractivity contribution is 0.0523. The first kappa shape index (κ1) is 13.8. The van der Waals surface area contributed by atoms with Gasteiger partial charge in [-0.3, -0.25) is 4.79 Å². The summed E-state index contributed by atoms with van der Waals surface area (Å²) in [5, 5.41) is 0. The topological polar surface area (TPSA) is 26.3 Å². The van der Waals surface area contributed by atoms with Gasteiger partial charge in [-0.15, -0.1) is 0 Å². The highest BCUT2D eigenvalue weighted by Crippen LogP contribution is 2.46. The molecule has 1 aliphatic rings. The average Bonchev–Trinajstić information content (AvgIpc) is 2.16. The van der Waals surface area contributed by atoms with E-state index in [4.69, 9.17) is 4.74 Å². The molecule has 2 nitrogen and oxygen atoms in total. The molecule has 0 spiro atoms. The largest absolute Gasteiger partial charge is 0.486 e. The van der Waals surface area contributed by atoms with Gasteiger partial charge < -0.3 is 4.74 Å². The second-order valence-corrected chi connectivity index (χ2v) is 7.48. The summed E-state index contributed by atoms with van der Waals surface area (Å²) in [6.07, 6.45) is 0.949. The number of halogens is 1. The van der Waals surface area contributed by atoms with E-state index in [1.807, 2.05) is 12.1 Å². The van der Waals surface area contributed by atoms with Crippen molar-refractivity contribution < 1.29 is 9.53 Å². The van der Waals surface area contributed by atoms with Gasteiger partial charge in [0.15, 0.2) is 5.78 Å². The molecule has 0 N–H and O–H groups in total. The highest BCUT2D eigenvalue weighted by molar-refractivity contribution is 14.1. The van der Waals surface area contributed by atoms with Crippen LogP contribution in [0.3, 0.4) is 0 Å². The van der Waals surface area contributed by atoms with Gasteiger partial charge in [0.05, 0.1) is 3.57 Å². The minimum Gasteiger partial charge on any atom is -0.486 e. The van der Waals surface area contributed by atoms with Crippen molar-refractivity contribution in [1.82, 2.24) is 0 Å². The molecule has 1 heterocycles. The van der Waals surface area contributed by atoms with E-state index >= 15 is 0 Å². The van der Waals surface area contributed by atoms with Crippen molar-refractivity contribution in [2.24, 2.45) is 0 Å². The van der Waals surface area contributed by atoms with Gasteiger partial charge in [0.25, 0.3) is 0 Å². The number of carbonyl (C=O) groups is 1. The highest BCUT2D eigenvalue weighted by atomic mass is 127. The molecule has 0 saturated carbocycles. The number of hydrogen-bond donors (Lipinski definition) is 0.